The molecule has 0 spiro atoms. The quantitative estimate of drug-likeness (QED) is 0.325. The summed E-state index contributed by atoms with van der Waals surface area (Å²) in [5.41, 5.74) is 12.2. The van der Waals surface area contributed by atoms with E-state index in [2.05, 4.69) is 47.0 Å². The minimum Gasteiger partial charge on any atom is -0.369 e. The van der Waals surface area contributed by atoms with Crippen molar-refractivity contribution in [3.63, 3.8) is 0 Å². The summed E-state index contributed by atoms with van der Waals surface area (Å²) < 4.78 is 0. The number of aromatic amines is 2. The number of amides is 1. The molecule has 0 bridgehead atoms. The van der Waals surface area contributed by atoms with Crippen LogP contribution in [0.1, 0.15) is 24.8 Å². The van der Waals surface area contributed by atoms with E-state index < -0.39 is 0 Å². The number of H-pyrrole nitrogens is 2. The zero-order chi connectivity index (χ0) is 25.5. The monoisotopic (exact) mass is 496 g/mol. The fourth-order valence-electron chi connectivity index (χ4n) is 4.96. The van der Waals surface area contributed by atoms with Gasteiger partial charge in [0.05, 0.1) is 34.9 Å². The molecule has 37 heavy (non-hydrogen) atoms. The number of fused-ring (bicyclic) bond motifs is 2. The first kappa shape index (κ1) is 23.0. The molecule has 6 heterocycles. The van der Waals surface area contributed by atoms with E-state index >= 15 is 0 Å². The topological polar surface area (TPSA) is 146 Å². The first-order chi connectivity index (χ1) is 18.0. The van der Waals surface area contributed by atoms with Crippen molar-refractivity contribution >= 4 is 33.7 Å². The zero-order valence-electron chi connectivity index (χ0n) is 20.8. The summed E-state index contributed by atoms with van der Waals surface area (Å²) in [6.45, 7) is 5.80. The van der Waals surface area contributed by atoms with Gasteiger partial charge in [-0.2, -0.15) is 5.10 Å². The highest BCUT2D eigenvalue weighted by atomic mass is 16.1. The van der Waals surface area contributed by atoms with Crippen LogP contribution in [0.25, 0.3) is 44.7 Å². The zero-order valence-corrected chi connectivity index (χ0v) is 20.8. The summed E-state index contributed by atoms with van der Waals surface area (Å²) in [6.07, 6.45) is 9.51. The number of nitrogens with two attached hydrogens (primary N) is 1. The Morgan fingerprint density at radius 1 is 1.05 bits per heavy atom. The second-order valence-electron chi connectivity index (χ2n) is 9.49. The number of nitrogens with zero attached hydrogens (tertiary/aromatic N) is 7. The first-order valence-corrected chi connectivity index (χ1v) is 12.4. The number of hydrogen-bond acceptors (Lipinski definition) is 8. The van der Waals surface area contributed by atoms with Gasteiger partial charge in [0.2, 0.25) is 5.91 Å². The minimum absolute atomic E-state index is 0.359. The highest BCUT2D eigenvalue weighted by molar-refractivity contribution is 5.95. The van der Waals surface area contributed by atoms with Crippen molar-refractivity contribution in [2.75, 3.05) is 38.1 Å². The molecule has 1 unspecified atom stereocenters. The van der Waals surface area contributed by atoms with Crippen LogP contribution in [0.15, 0.2) is 43.1 Å². The van der Waals surface area contributed by atoms with Crippen LogP contribution in [-0.2, 0) is 4.79 Å². The lowest BCUT2D eigenvalue weighted by atomic mass is 9.95. The number of pyridine rings is 3. The third kappa shape index (κ3) is 4.16. The normalized spacial score (nSPS) is 15.5. The number of likely N-dealkylation sites (N-methyl/N-ethyl adjacent to an activating group) is 1. The van der Waals surface area contributed by atoms with Gasteiger partial charge in [0, 0.05) is 55.9 Å². The van der Waals surface area contributed by atoms with Gasteiger partial charge in [-0.25, -0.2) is 9.97 Å². The predicted molar refractivity (Wildman–Crippen MR) is 142 cm³/mol. The Morgan fingerprint density at radius 2 is 1.84 bits per heavy atom. The SMILES string of the molecule is CCC(C(N)=O)c1cncc(-c2cnc3n[nH]c(-c4nc5c(N6CCN(C)CC6)cncc5[nH]4)c3c2)c1. The minimum atomic E-state index is -0.382. The van der Waals surface area contributed by atoms with Crippen molar-refractivity contribution in [3.8, 4) is 22.6 Å². The maximum absolute atomic E-state index is 11.9. The Morgan fingerprint density at radius 3 is 2.62 bits per heavy atom. The van der Waals surface area contributed by atoms with Crippen molar-refractivity contribution in [1.29, 1.82) is 0 Å². The van der Waals surface area contributed by atoms with Gasteiger partial charge in [0.25, 0.3) is 0 Å². The summed E-state index contributed by atoms with van der Waals surface area (Å²) in [7, 11) is 2.14. The Bertz CT molecular complexity index is 1600. The smallest absolute Gasteiger partial charge is 0.225 e. The van der Waals surface area contributed by atoms with E-state index in [1.807, 2.05) is 25.3 Å². The fraction of sp³-hybridized carbons (Fsp3) is 0.308. The van der Waals surface area contributed by atoms with Gasteiger partial charge in [-0.05, 0) is 31.2 Å². The van der Waals surface area contributed by atoms with Crippen molar-refractivity contribution in [1.82, 2.24) is 40.0 Å². The molecule has 0 saturated carbocycles. The largest absolute Gasteiger partial charge is 0.369 e. The van der Waals surface area contributed by atoms with Crippen molar-refractivity contribution in [3.05, 3.63) is 48.7 Å². The van der Waals surface area contributed by atoms with E-state index in [1.165, 1.54) is 0 Å². The number of imidazole rings is 1. The lowest BCUT2D eigenvalue weighted by molar-refractivity contribution is -0.119. The number of aromatic nitrogens is 7. The van der Waals surface area contributed by atoms with E-state index in [0.29, 0.717) is 17.9 Å². The van der Waals surface area contributed by atoms with Crippen LogP contribution in [0.4, 0.5) is 5.69 Å². The maximum Gasteiger partial charge on any atom is 0.225 e. The molecule has 5 aromatic rings. The molecule has 5 aromatic heterocycles. The number of hydrogen-bond donors (Lipinski definition) is 3. The molecular weight excluding hydrogens is 468 g/mol. The van der Waals surface area contributed by atoms with Crippen LogP contribution in [0.2, 0.25) is 0 Å². The maximum atomic E-state index is 11.9. The average molecular weight is 497 g/mol. The molecule has 1 saturated heterocycles. The van der Waals surface area contributed by atoms with Gasteiger partial charge in [0.1, 0.15) is 11.2 Å². The number of piperazine rings is 1. The Hall–Kier alpha value is -4.38. The molecule has 11 heteroatoms. The van der Waals surface area contributed by atoms with Crippen molar-refractivity contribution < 1.29 is 4.79 Å². The van der Waals surface area contributed by atoms with Gasteiger partial charge < -0.3 is 20.5 Å². The highest BCUT2D eigenvalue weighted by Gasteiger charge is 2.21. The second-order valence-corrected chi connectivity index (χ2v) is 9.49. The van der Waals surface area contributed by atoms with Gasteiger partial charge in [0.15, 0.2) is 11.5 Å². The molecule has 1 aliphatic rings. The van der Waals surface area contributed by atoms with E-state index in [9.17, 15) is 4.79 Å². The third-order valence-corrected chi connectivity index (χ3v) is 7.11. The predicted octanol–water partition coefficient (Wildman–Crippen LogP) is 2.69. The Labute approximate surface area is 213 Å². The Kier molecular flexibility index (Phi) is 5.76. The van der Waals surface area contributed by atoms with Crippen LogP contribution < -0.4 is 10.6 Å². The molecule has 1 fully saturated rings. The van der Waals surface area contributed by atoms with Crippen LogP contribution in [0, 0.1) is 0 Å². The molecular formula is C26H28N10O. The lowest BCUT2D eigenvalue weighted by Crippen LogP contribution is -2.44. The summed E-state index contributed by atoms with van der Waals surface area (Å²) >= 11 is 0. The molecule has 0 radical (unpaired) electrons. The van der Waals surface area contributed by atoms with Crippen molar-refractivity contribution in [2.45, 2.75) is 19.3 Å². The molecule has 0 aromatic carbocycles. The van der Waals surface area contributed by atoms with Gasteiger partial charge in [-0.3, -0.25) is 19.9 Å². The summed E-state index contributed by atoms with van der Waals surface area (Å²) in [6, 6.07) is 3.96. The van der Waals surface area contributed by atoms with E-state index in [-0.39, 0.29) is 11.8 Å². The Balaban J connectivity index is 1.39. The summed E-state index contributed by atoms with van der Waals surface area (Å²) in [5, 5.41) is 8.33. The van der Waals surface area contributed by atoms with Gasteiger partial charge in [-0.1, -0.05) is 6.92 Å². The van der Waals surface area contributed by atoms with Gasteiger partial charge >= 0.3 is 0 Å². The third-order valence-electron chi connectivity index (χ3n) is 7.11. The molecule has 4 N–H and O–H groups in total. The molecule has 188 valence electrons. The van der Waals surface area contributed by atoms with E-state index in [0.717, 1.165) is 70.7 Å². The number of carbonyl (C=O) groups is 1. The van der Waals surface area contributed by atoms with E-state index in [4.69, 9.17) is 10.7 Å². The fourth-order valence-corrected chi connectivity index (χ4v) is 4.96. The van der Waals surface area contributed by atoms with Crippen LogP contribution in [0.3, 0.4) is 0 Å². The van der Waals surface area contributed by atoms with Crippen LogP contribution in [0.5, 0.6) is 0 Å². The number of primary amides is 1. The number of carbonyl (C=O) groups excluding carboxylic acids is 1. The standard InChI is InChI=1S/C26H28N10O/c1-3-18(24(27)37)17-8-15(10-28-11-17)16-9-19-22(33-34-25(19)30-12-16)26-31-20-13-29-14-21(23(20)32-26)36-6-4-35(2)5-7-36/h8-14,18H,3-7H2,1-2H3,(H2,27,37)(H,31,32)(H,30,33,34). The molecule has 11 nitrogen and oxygen atoms in total. The number of anilines is 1. The van der Waals surface area contributed by atoms with Crippen LogP contribution in [-0.4, -0.2) is 79.2 Å². The second kappa shape index (κ2) is 9.25. The molecule has 1 amide bonds. The molecule has 0 aliphatic carbocycles. The summed E-state index contributed by atoms with van der Waals surface area (Å²) in [5.74, 6) is -0.0683. The summed E-state index contributed by atoms with van der Waals surface area (Å²) in [4.78, 5) is 38.3. The lowest BCUT2D eigenvalue weighted by Gasteiger charge is -2.33. The number of rotatable bonds is 6. The van der Waals surface area contributed by atoms with E-state index in [1.54, 1.807) is 24.8 Å². The van der Waals surface area contributed by atoms with Crippen LogP contribution >= 0.6 is 0 Å². The highest BCUT2D eigenvalue weighted by Crippen LogP contribution is 2.32. The first-order valence-electron chi connectivity index (χ1n) is 12.4. The number of nitrogens with one attached hydrogen (secondary N) is 2. The molecule has 6 rings (SSSR count). The van der Waals surface area contributed by atoms with Gasteiger partial charge in [-0.15, -0.1) is 0 Å². The van der Waals surface area contributed by atoms with Crippen molar-refractivity contribution in [2.24, 2.45) is 5.73 Å². The molecule has 1 aliphatic heterocycles. The molecule has 1 atom stereocenters. The average Bonchev–Trinajstić information content (AvgIpc) is 3.53.